The standard InChI is InChI=1S/C20H17Cl2F2N5O/c1-4-29-18(10-5-6-15-12(7-10)17(22)26-25-15)27-28-19(29)20(2,3)30-16-13(23)8-11(21)9-14(16)24/h5-9H,4H2,1-3H3,(H,25,26). The average molecular weight is 452 g/mol. The highest BCUT2D eigenvalue weighted by atomic mass is 35.5. The van der Waals surface area contributed by atoms with E-state index in [1.165, 1.54) is 0 Å². The van der Waals surface area contributed by atoms with Gasteiger partial charge in [-0.2, -0.15) is 5.10 Å². The second-order valence-corrected chi connectivity index (χ2v) is 7.99. The summed E-state index contributed by atoms with van der Waals surface area (Å²) in [6.07, 6.45) is 0. The van der Waals surface area contributed by atoms with Crippen molar-refractivity contribution < 1.29 is 13.5 Å². The van der Waals surface area contributed by atoms with E-state index in [0.717, 1.165) is 28.6 Å². The Morgan fingerprint density at radius 1 is 1.10 bits per heavy atom. The summed E-state index contributed by atoms with van der Waals surface area (Å²) in [6.45, 7) is 5.75. The van der Waals surface area contributed by atoms with Crippen molar-refractivity contribution in [2.45, 2.75) is 32.9 Å². The highest BCUT2D eigenvalue weighted by Crippen LogP contribution is 2.34. The van der Waals surface area contributed by atoms with Crippen molar-refractivity contribution in [1.82, 2.24) is 25.0 Å². The number of benzene rings is 2. The van der Waals surface area contributed by atoms with E-state index < -0.39 is 23.0 Å². The lowest BCUT2D eigenvalue weighted by molar-refractivity contribution is 0.0827. The van der Waals surface area contributed by atoms with Gasteiger partial charge in [0, 0.05) is 22.5 Å². The molecule has 0 aliphatic rings. The molecule has 0 amide bonds. The Morgan fingerprint density at radius 2 is 1.80 bits per heavy atom. The third-order valence-corrected chi connectivity index (χ3v) is 5.20. The van der Waals surface area contributed by atoms with E-state index >= 15 is 0 Å². The predicted octanol–water partition coefficient (Wildman–Crippen LogP) is 5.74. The number of halogens is 4. The van der Waals surface area contributed by atoms with Crippen LogP contribution in [0.5, 0.6) is 5.75 Å². The Morgan fingerprint density at radius 3 is 2.47 bits per heavy atom. The maximum Gasteiger partial charge on any atom is 0.192 e. The molecule has 0 radical (unpaired) electrons. The molecule has 0 atom stereocenters. The summed E-state index contributed by atoms with van der Waals surface area (Å²) in [6, 6.07) is 7.52. The van der Waals surface area contributed by atoms with E-state index in [4.69, 9.17) is 27.9 Å². The molecule has 0 unspecified atom stereocenters. The fourth-order valence-electron chi connectivity index (χ4n) is 3.31. The van der Waals surface area contributed by atoms with Crippen molar-refractivity contribution in [3.8, 4) is 17.1 Å². The molecule has 2 heterocycles. The minimum absolute atomic E-state index is 0.0533. The minimum Gasteiger partial charge on any atom is -0.474 e. The second-order valence-electron chi connectivity index (χ2n) is 7.17. The van der Waals surface area contributed by atoms with Crippen molar-refractivity contribution in [1.29, 1.82) is 0 Å². The maximum atomic E-state index is 14.3. The summed E-state index contributed by atoms with van der Waals surface area (Å²) < 4.78 is 36.0. The molecule has 0 spiro atoms. The van der Waals surface area contributed by atoms with Gasteiger partial charge in [-0.15, -0.1) is 10.2 Å². The van der Waals surface area contributed by atoms with Crippen LogP contribution in [0.25, 0.3) is 22.3 Å². The molecule has 0 bridgehead atoms. The molecular formula is C20H17Cl2F2N5O. The fourth-order valence-corrected chi connectivity index (χ4v) is 3.69. The lowest BCUT2D eigenvalue weighted by atomic mass is 10.1. The lowest BCUT2D eigenvalue weighted by Gasteiger charge is -2.26. The van der Waals surface area contributed by atoms with Gasteiger partial charge in [0.25, 0.3) is 0 Å². The smallest absolute Gasteiger partial charge is 0.192 e. The lowest BCUT2D eigenvalue weighted by Crippen LogP contribution is -2.30. The van der Waals surface area contributed by atoms with E-state index in [1.807, 2.05) is 29.7 Å². The number of rotatable bonds is 5. The first-order valence-corrected chi connectivity index (χ1v) is 9.88. The van der Waals surface area contributed by atoms with Crippen molar-refractivity contribution in [2.75, 3.05) is 0 Å². The number of aromatic nitrogens is 5. The Labute approximate surface area is 180 Å². The molecule has 4 rings (SSSR count). The van der Waals surface area contributed by atoms with Crippen LogP contribution in [-0.2, 0) is 12.1 Å². The van der Waals surface area contributed by atoms with Crippen molar-refractivity contribution in [3.05, 3.63) is 58.0 Å². The first kappa shape index (κ1) is 20.6. The molecule has 0 saturated heterocycles. The van der Waals surface area contributed by atoms with E-state index in [0.29, 0.717) is 23.3 Å². The number of nitrogens with one attached hydrogen (secondary N) is 1. The summed E-state index contributed by atoms with van der Waals surface area (Å²) in [5.41, 5.74) is 0.309. The average Bonchev–Trinajstić information content (AvgIpc) is 3.28. The molecule has 6 nitrogen and oxygen atoms in total. The second kappa shape index (κ2) is 7.52. The van der Waals surface area contributed by atoms with Crippen LogP contribution >= 0.6 is 23.2 Å². The van der Waals surface area contributed by atoms with Gasteiger partial charge >= 0.3 is 0 Å². The molecule has 30 heavy (non-hydrogen) atoms. The Kier molecular flexibility index (Phi) is 5.15. The highest BCUT2D eigenvalue weighted by Gasteiger charge is 2.33. The third kappa shape index (κ3) is 3.50. The van der Waals surface area contributed by atoms with Gasteiger partial charge in [-0.05, 0) is 51.1 Å². The summed E-state index contributed by atoms with van der Waals surface area (Å²) in [5.74, 6) is -1.33. The molecule has 2 aromatic heterocycles. The van der Waals surface area contributed by atoms with E-state index in [2.05, 4.69) is 20.4 Å². The number of fused-ring (bicyclic) bond motifs is 1. The summed E-state index contributed by atoms with van der Waals surface area (Å²) in [4.78, 5) is 0. The van der Waals surface area contributed by atoms with Crippen LogP contribution in [0.3, 0.4) is 0 Å². The van der Waals surface area contributed by atoms with Gasteiger partial charge in [0.1, 0.15) is 5.15 Å². The van der Waals surface area contributed by atoms with Gasteiger partial charge in [-0.1, -0.05) is 23.2 Å². The quantitative estimate of drug-likeness (QED) is 0.419. The normalized spacial score (nSPS) is 12.0. The van der Waals surface area contributed by atoms with Crippen molar-refractivity contribution in [2.24, 2.45) is 0 Å². The topological polar surface area (TPSA) is 68.6 Å². The van der Waals surface area contributed by atoms with E-state index in [9.17, 15) is 8.78 Å². The first-order chi connectivity index (χ1) is 14.2. The van der Waals surface area contributed by atoms with E-state index in [1.54, 1.807) is 13.8 Å². The van der Waals surface area contributed by atoms with Gasteiger partial charge in [0.2, 0.25) is 0 Å². The molecule has 0 fully saturated rings. The van der Waals surface area contributed by atoms with Crippen LogP contribution in [0, 0.1) is 11.6 Å². The third-order valence-electron chi connectivity index (χ3n) is 4.69. The molecule has 4 aromatic rings. The molecule has 156 valence electrons. The van der Waals surface area contributed by atoms with Crippen LogP contribution in [0.1, 0.15) is 26.6 Å². The summed E-state index contributed by atoms with van der Waals surface area (Å²) in [7, 11) is 0. The predicted molar refractivity (Wildman–Crippen MR) is 111 cm³/mol. The van der Waals surface area contributed by atoms with Crippen LogP contribution < -0.4 is 4.74 Å². The van der Waals surface area contributed by atoms with Crippen molar-refractivity contribution in [3.63, 3.8) is 0 Å². The first-order valence-electron chi connectivity index (χ1n) is 9.12. The van der Waals surface area contributed by atoms with Crippen LogP contribution in [0.4, 0.5) is 8.78 Å². The number of aromatic amines is 1. The van der Waals surface area contributed by atoms with Gasteiger partial charge in [0.05, 0.1) is 5.52 Å². The number of nitrogens with zero attached hydrogens (tertiary/aromatic N) is 4. The summed E-state index contributed by atoms with van der Waals surface area (Å²) in [5, 5.41) is 16.5. The molecule has 0 aliphatic heterocycles. The largest absolute Gasteiger partial charge is 0.474 e. The molecule has 1 N–H and O–H groups in total. The SMILES string of the molecule is CCn1c(-c2ccc3n[nH]c(Cl)c3c2)nnc1C(C)(C)Oc1c(F)cc(Cl)cc1F. The maximum absolute atomic E-state index is 14.3. The monoisotopic (exact) mass is 451 g/mol. The minimum atomic E-state index is -1.19. The number of ether oxygens (including phenoxy) is 1. The molecule has 2 aromatic carbocycles. The Bertz CT molecular complexity index is 1230. The molecular weight excluding hydrogens is 435 g/mol. The number of H-pyrrole nitrogens is 1. The zero-order valence-electron chi connectivity index (χ0n) is 16.3. The zero-order valence-corrected chi connectivity index (χ0v) is 17.8. The Hall–Kier alpha value is -2.71. The van der Waals surface area contributed by atoms with Gasteiger partial charge in [0.15, 0.2) is 34.6 Å². The van der Waals surface area contributed by atoms with Gasteiger partial charge in [-0.25, -0.2) is 8.78 Å². The zero-order chi connectivity index (χ0) is 21.6. The van der Waals surface area contributed by atoms with Gasteiger partial charge < -0.3 is 9.30 Å². The fraction of sp³-hybridized carbons (Fsp3) is 0.250. The number of hydrogen-bond acceptors (Lipinski definition) is 4. The van der Waals surface area contributed by atoms with Crippen LogP contribution in [0.15, 0.2) is 30.3 Å². The molecule has 0 saturated carbocycles. The van der Waals surface area contributed by atoms with Crippen molar-refractivity contribution >= 4 is 34.1 Å². The van der Waals surface area contributed by atoms with Crippen LogP contribution in [-0.4, -0.2) is 25.0 Å². The van der Waals surface area contributed by atoms with E-state index in [-0.39, 0.29) is 5.02 Å². The Balaban J connectivity index is 1.76. The number of hydrogen-bond donors (Lipinski definition) is 1. The highest BCUT2D eigenvalue weighted by molar-refractivity contribution is 6.34. The molecule has 10 heteroatoms. The van der Waals surface area contributed by atoms with Crippen LogP contribution in [0.2, 0.25) is 10.2 Å². The summed E-state index contributed by atoms with van der Waals surface area (Å²) >= 11 is 11.8. The molecule has 0 aliphatic carbocycles. The van der Waals surface area contributed by atoms with Gasteiger partial charge in [-0.3, -0.25) is 5.10 Å².